The van der Waals surface area contributed by atoms with Gasteiger partial charge in [-0.15, -0.1) is 0 Å². The largest absolute Gasteiger partial charge is 0.379 e. The van der Waals surface area contributed by atoms with E-state index in [0.717, 1.165) is 16.9 Å². The van der Waals surface area contributed by atoms with E-state index in [1.807, 2.05) is 26.0 Å². The maximum atomic E-state index is 14.0. The van der Waals surface area contributed by atoms with Gasteiger partial charge in [-0.1, -0.05) is 12.1 Å². The molecule has 0 aliphatic carbocycles. The minimum Gasteiger partial charge on any atom is -0.379 e. The van der Waals surface area contributed by atoms with Crippen molar-refractivity contribution in [1.82, 2.24) is 0 Å². The van der Waals surface area contributed by atoms with Gasteiger partial charge in [0.1, 0.15) is 5.82 Å². The van der Waals surface area contributed by atoms with Crippen LogP contribution < -0.4 is 14.9 Å². The van der Waals surface area contributed by atoms with Gasteiger partial charge in [-0.3, -0.25) is 4.72 Å². The number of nitrogens with one attached hydrogen (secondary N) is 2. The Hall–Kier alpha value is -2.32. The summed E-state index contributed by atoms with van der Waals surface area (Å²) in [6.45, 7) is 9.24. The topological polar surface area (TPSA) is 70.7 Å². The Labute approximate surface area is 178 Å². The summed E-state index contributed by atoms with van der Waals surface area (Å²) < 4.78 is 46.3. The van der Waals surface area contributed by atoms with Gasteiger partial charge in [-0.05, 0) is 63.6 Å². The van der Waals surface area contributed by atoms with Gasteiger partial charge in [-0.25, -0.2) is 12.8 Å². The summed E-state index contributed by atoms with van der Waals surface area (Å²) in [7, 11) is -3.37. The monoisotopic (exact) mass is 435 g/mol. The fourth-order valence-electron chi connectivity index (χ4n) is 3.46. The molecule has 0 spiro atoms. The number of hydrogen-bond acceptors (Lipinski definition) is 5. The van der Waals surface area contributed by atoms with E-state index in [9.17, 15) is 12.8 Å². The van der Waals surface area contributed by atoms with Crippen LogP contribution in [0.5, 0.6) is 0 Å². The van der Waals surface area contributed by atoms with Crippen LogP contribution in [0.25, 0.3) is 0 Å². The molecule has 30 heavy (non-hydrogen) atoms. The number of rotatable bonds is 7. The molecule has 1 aliphatic rings. The third kappa shape index (κ3) is 5.64. The molecule has 0 radical (unpaired) electrons. The summed E-state index contributed by atoms with van der Waals surface area (Å²) in [5.41, 5.74) is 3.19. The average Bonchev–Trinajstić information content (AvgIpc) is 2.67. The molecule has 2 aromatic rings. The molecule has 3 rings (SSSR count). The Morgan fingerprint density at radius 3 is 2.33 bits per heavy atom. The van der Waals surface area contributed by atoms with Crippen LogP contribution in [-0.4, -0.2) is 39.0 Å². The van der Waals surface area contributed by atoms with Crippen molar-refractivity contribution in [3.63, 3.8) is 0 Å². The minimum absolute atomic E-state index is 0.0760. The fraction of sp³-hybridized carbons (Fsp3) is 0.455. The highest BCUT2D eigenvalue weighted by molar-refractivity contribution is 7.93. The van der Waals surface area contributed by atoms with Crippen molar-refractivity contribution in [3.05, 3.63) is 53.8 Å². The van der Waals surface area contributed by atoms with E-state index in [2.05, 4.69) is 14.9 Å². The number of morpholine rings is 1. The first kappa shape index (κ1) is 22.4. The number of ether oxygens (including phenoxy) is 1. The Morgan fingerprint density at radius 2 is 1.73 bits per heavy atom. The van der Waals surface area contributed by atoms with Gasteiger partial charge in [0.05, 0.1) is 28.8 Å². The van der Waals surface area contributed by atoms with Gasteiger partial charge in [0, 0.05) is 25.3 Å². The molecular weight excluding hydrogens is 405 g/mol. The molecule has 8 heteroatoms. The number of benzene rings is 2. The molecule has 164 valence electrons. The lowest BCUT2D eigenvalue weighted by atomic mass is 10.1. The summed E-state index contributed by atoms with van der Waals surface area (Å²) in [6.07, 6.45) is 0.152. The lowest BCUT2D eigenvalue weighted by molar-refractivity contribution is -0.00519. The van der Waals surface area contributed by atoms with Crippen molar-refractivity contribution in [2.24, 2.45) is 0 Å². The number of halogens is 1. The Morgan fingerprint density at radius 1 is 1.10 bits per heavy atom. The van der Waals surface area contributed by atoms with E-state index in [-0.39, 0.29) is 18.0 Å². The molecule has 0 amide bonds. The van der Waals surface area contributed by atoms with E-state index < -0.39 is 15.3 Å². The predicted molar refractivity (Wildman–Crippen MR) is 120 cm³/mol. The molecule has 0 bridgehead atoms. The van der Waals surface area contributed by atoms with Crippen LogP contribution in [0.3, 0.4) is 0 Å². The van der Waals surface area contributed by atoms with Crippen molar-refractivity contribution in [2.45, 2.75) is 51.7 Å². The highest BCUT2D eigenvalue weighted by Gasteiger charge is 2.24. The van der Waals surface area contributed by atoms with Crippen molar-refractivity contribution in [2.75, 3.05) is 28.0 Å². The third-order valence-electron chi connectivity index (χ3n) is 5.04. The van der Waals surface area contributed by atoms with Crippen LogP contribution in [0.15, 0.2) is 42.5 Å². The molecule has 2 aromatic carbocycles. The predicted octanol–water partition coefficient (Wildman–Crippen LogP) is 4.20. The van der Waals surface area contributed by atoms with E-state index in [1.54, 1.807) is 38.1 Å². The van der Waals surface area contributed by atoms with E-state index in [1.165, 1.54) is 6.07 Å². The second-order valence-corrected chi connectivity index (χ2v) is 10.3. The van der Waals surface area contributed by atoms with E-state index >= 15 is 0 Å². The summed E-state index contributed by atoms with van der Waals surface area (Å²) in [5.74, 6) is -0.274. The van der Waals surface area contributed by atoms with Gasteiger partial charge >= 0.3 is 0 Å². The average molecular weight is 436 g/mol. The van der Waals surface area contributed by atoms with Gasteiger partial charge in [-0.2, -0.15) is 0 Å². The minimum atomic E-state index is -3.37. The third-order valence-corrected chi connectivity index (χ3v) is 6.80. The molecule has 1 fully saturated rings. The SMILES string of the molecule is CC1CN(c2cc(F)ccc2NCc2ccc(NS(=O)(=O)C(C)C)cc2)CC(C)O1. The molecule has 6 nitrogen and oxygen atoms in total. The first-order chi connectivity index (χ1) is 14.1. The van der Waals surface area contributed by atoms with Gasteiger partial charge in [0.15, 0.2) is 0 Å². The lowest BCUT2D eigenvalue weighted by Gasteiger charge is -2.37. The number of sulfonamides is 1. The van der Waals surface area contributed by atoms with Crippen molar-refractivity contribution in [3.8, 4) is 0 Å². The van der Waals surface area contributed by atoms with E-state index in [0.29, 0.717) is 25.3 Å². The lowest BCUT2D eigenvalue weighted by Crippen LogP contribution is -2.45. The van der Waals surface area contributed by atoms with Crippen molar-refractivity contribution >= 4 is 27.1 Å². The van der Waals surface area contributed by atoms with Crippen LogP contribution in [0.2, 0.25) is 0 Å². The number of hydrogen-bond donors (Lipinski definition) is 2. The number of nitrogens with zero attached hydrogens (tertiary/aromatic N) is 1. The zero-order chi connectivity index (χ0) is 21.9. The van der Waals surface area contributed by atoms with Crippen LogP contribution >= 0.6 is 0 Å². The van der Waals surface area contributed by atoms with Crippen molar-refractivity contribution in [1.29, 1.82) is 0 Å². The quantitative estimate of drug-likeness (QED) is 0.682. The normalized spacial score (nSPS) is 19.7. The second kappa shape index (κ2) is 9.22. The Kier molecular flexibility index (Phi) is 6.88. The fourth-order valence-corrected chi connectivity index (χ4v) is 4.16. The maximum absolute atomic E-state index is 14.0. The summed E-state index contributed by atoms with van der Waals surface area (Å²) in [6, 6.07) is 12.0. The maximum Gasteiger partial charge on any atom is 0.235 e. The van der Waals surface area contributed by atoms with Crippen LogP contribution in [0.4, 0.5) is 21.5 Å². The molecular formula is C22H30FN3O3S. The Balaban J connectivity index is 1.70. The van der Waals surface area contributed by atoms with Crippen LogP contribution in [0, 0.1) is 5.82 Å². The second-order valence-electron chi connectivity index (χ2n) is 8.07. The molecule has 0 aromatic heterocycles. The summed E-state index contributed by atoms with van der Waals surface area (Å²) in [5, 5.41) is 2.88. The van der Waals surface area contributed by atoms with Gasteiger partial charge < -0.3 is 15.0 Å². The highest BCUT2D eigenvalue weighted by Crippen LogP contribution is 2.30. The summed E-state index contributed by atoms with van der Waals surface area (Å²) >= 11 is 0. The molecule has 2 atom stereocenters. The summed E-state index contributed by atoms with van der Waals surface area (Å²) in [4.78, 5) is 2.15. The van der Waals surface area contributed by atoms with Crippen LogP contribution in [-0.2, 0) is 21.3 Å². The molecule has 2 unspecified atom stereocenters. The molecule has 2 N–H and O–H groups in total. The molecule has 1 aliphatic heterocycles. The first-order valence-corrected chi connectivity index (χ1v) is 11.7. The molecule has 1 heterocycles. The highest BCUT2D eigenvalue weighted by atomic mass is 32.2. The Bertz CT molecular complexity index is 954. The zero-order valence-electron chi connectivity index (χ0n) is 17.9. The van der Waals surface area contributed by atoms with E-state index in [4.69, 9.17) is 4.74 Å². The molecule has 1 saturated heterocycles. The van der Waals surface area contributed by atoms with Gasteiger partial charge in [0.2, 0.25) is 10.0 Å². The zero-order valence-corrected chi connectivity index (χ0v) is 18.7. The number of anilines is 3. The van der Waals surface area contributed by atoms with Crippen molar-refractivity contribution < 1.29 is 17.5 Å². The first-order valence-electron chi connectivity index (χ1n) is 10.2. The smallest absolute Gasteiger partial charge is 0.235 e. The standard InChI is InChI=1S/C22H30FN3O3S/c1-15(2)30(27,28)25-20-8-5-18(6-9-20)12-24-21-10-7-19(23)11-22(21)26-13-16(3)29-17(4)14-26/h5-11,15-17,24-25H,12-14H2,1-4H3. The van der Waals surface area contributed by atoms with Crippen LogP contribution in [0.1, 0.15) is 33.3 Å². The molecule has 0 saturated carbocycles. The van der Waals surface area contributed by atoms with Gasteiger partial charge in [0.25, 0.3) is 0 Å².